The first-order chi connectivity index (χ1) is 11.1. The molecule has 1 aromatic carbocycles. The standard InChI is InChI=1S/C18H22F2N2O/c1-13-21-15(12-23-13)11-22-9-3-4-14(10-22)7-8-16-17(19)5-2-6-18(16)20/h2,5-6,12,14H,3-4,7-11H2,1H3/t14-/m0/s1. The van der Waals surface area contributed by atoms with Crippen LogP contribution in [0.3, 0.4) is 0 Å². The summed E-state index contributed by atoms with van der Waals surface area (Å²) < 4.78 is 32.6. The lowest BCUT2D eigenvalue weighted by atomic mass is 9.91. The number of hydrogen-bond acceptors (Lipinski definition) is 3. The number of nitrogens with zero attached hydrogens (tertiary/aromatic N) is 2. The van der Waals surface area contributed by atoms with Crippen LogP contribution in [0.15, 0.2) is 28.9 Å². The van der Waals surface area contributed by atoms with Crippen molar-refractivity contribution >= 4 is 0 Å². The van der Waals surface area contributed by atoms with Gasteiger partial charge in [0.15, 0.2) is 5.89 Å². The predicted octanol–water partition coefficient (Wildman–Crippen LogP) is 4.11. The summed E-state index contributed by atoms with van der Waals surface area (Å²) in [6.45, 7) is 4.60. The Morgan fingerprint density at radius 1 is 1.30 bits per heavy atom. The molecule has 0 radical (unpaired) electrons. The molecule has 0 saturated carbocycles. The molecule has 2 aromatic rings. The molecule has 5 heteroatoms. The summed E-state index contributed by atoms with van der Waals surface area (Å²) in [5.74, 6) is 0.283. The molecule has 3 nitrogen and oxygen atoms in total. The zero-order valence-corrected chi connectivity index (χ0v) is 13.4. The first-order valence-corrected chi connectivity index (χ1v) is 8.18. The zero-order valence-electron chi connectivity index (χ0n) is 13.4. The Kier molecular flexibility index (Phi) is 5.06. The number of hydrogen-bond donors (Lipinski definition) is 0. The maximum Gasteiger partial charge on any atom is 0.191 e. The van der Waals surface area contributed by atoms with Crippen molar-refractivity contribution in [1.29, 1.82) is 0 Å². The fourth-order valence-electron chi connectivity index (χ4n) is 3.36. The van der Waals surface area contributed by atoms with Crippen molar-refractivity contribution in [3.8, 4) is 0 Å². The minimum atomic E-state index is -0.435. The van der Waals surface area contributed by atoms with E-state index in [9.17, 15) is 8.78 Å². The van der Waals surface area contributed by atoms with Crippen molar-refractivity contribution in [2.24, 2.45) is 5.92 Å². The number of halogens is 2. The number of aryl methyl sites for hydroxylation is 1. The number of likely N-dealkylation sites (tertiary alicyclic amines) is 1. The fourth-order valence-corrected chi connectivity index (χ4v) is 3.36. The van der Waals surface area contributed by atoms with Gasteiger partial charge in [0.25, 0.3) is 0 Å². The summed E-state index contributed by atoms with van der Waals surface area (Å²) in [6.07, 6.45) is 5.20. The first-order valence-electron chi connectivity index (χ1n) is 8.18. The van der Waals surface area contributed by atoms with E-state index in [0.717, 1.165) is 44.6 Å². The molecule has 0 aliphatic carbocycles. The van der Waals surface area contributed by atoms with Gasteiger partial charge in [-0.15, -0.1) is 0 Å². The van der Waals surface area contributed by atoms with Crippen molar-refractivity contribution in [2.75, 3.05) is 13.1 Å². The van der Waals surface area contributed by atoms with E-state index < -0.39 is 11.6 Å². The SMILES string of the molecule is Cc1nc(CN2CCC[C@@H](CCc3c(F)cccc3F)C2)co1. The molecule has 0 unspecified atom stereocenters. The molecule has 0 spiro atoms. The van der Waals surface area contributed by atoms with Crippen molar-refractivity contribution in [1.82, 2.24) is 9.88 Å². The smallest absolute Gasteiger partial charge is 0.191 e. The summed E-state index contributed by atoms with van der Waals surface area (Å²) in [5, 5.41) is 0. The van der Waals surface area contributed by atoms with E-state index in [-0.39, 0.29) is 5.56 Å². The lowest BCUT2D eigenvalue weighted by molar-refractivity contribution is 0.160. The van der Waals surface area contributed by atoms with Crippen molar-refractivity contribution in [2.45, 2.75) is 39.2 Å². The van der Waals surface area contributed by atoms with Crippen LogP contribution < -0.4 is 0 Å². The largest absolute Gasteiger partial charge is 0.449 e. The molecular weight excluding hydrogens is 298 g/mol. The van der Waals surface area contributed by atoms with E-state index in [1.165, 1.54) is 18.2 Å². The van der Waals surface area contributed by atoms with Gasteiger partial charge < -0.3 is 4.42 Å². The number of aromatic nitrogens is 1. The Hall–Kier alpha value is -1.75. The van der Waals surface area contributed by atoms with Crippen LogP contribution in [0.25, 0.3) is 0 Å². The van der Waals surface area contributed by atoms with Gasteiger partial charge in [-0.3, -0.25) is 4.90 Å². The van der Waals surface area contributed by atoms with Crippen molar-refractivity contribution < 1.29 is 13.2 Å². The minimum Gasteiger partial charge on any atom is -0.449 e. The second kappa shape index (κ2) is 7.21. The molecule has 3 rings (SSSR count). The summed E-state index contributed by atoms with van der Waals surface area (Å²) >= 11 is 0. The third-order valence-electron chi connectivity index (χ3n) is 4.52. The molecular formula is C18H22F2N2O. The molecule has 1 aliphatic rings. The maximum atomic E-state index is 13.7. The highest BCUT2D eigenvalue weighted by atomic mass is 19.1. The lowest BCUT2D eigenvalue weighted by Gasteiger charge is -2.32. The Bertz CT molecular complexity index is 636. The lowest BCUT2D eigenvalue weighted by Crippen LogP contribution is -2.35. The Labute approximate surface area is 135 Å². The monoisotopic (exact) mass is 320 g/mol. The van der Waals surface area contributed by atoms with Crippen LogP contribution in [0.4, 0.5) is 8.78 Å². The quantitative estimate of drug-likeness (QED) is 0.830. The minimum absolute atomic E-state index is 0.219. The summed E-state index contributed by atoms with van der Waals surface area (Å²) in [6, 6.07) is 4.08. The molecule has 1 aliphatic heterocycles. The highest BCUT2D eigenvalue weighted by Crippen LogP contribution is 2.24. The predicted molar refractivity (Wildman–Crippen MR) is 83.9 cm³/mol. The molecule has 124 valence electrons. The normalized spacial score (nSPS) is 19.2. The Morgan fingerprint density at radius 3 is 2.78 bits per heavy atom. The van der Waals surface area contributed by atoms with Crippen LogP contribution in [0, 0.1) is 24.5 Å². The number of rotatable bonds is 5. The fraction of sp³-hybridized carbons (Fsp3) is 0.500. The van der Waals surface area contributed by atoms with Gasteiger partial charge in [0.1, 0.15) is 17.9 Å². The van der Waals surface area contributed by atoms with Crippen LogP contribution in [-0.2, 0) is 13.0 Å². The van der Waals surface area contributed by atoms with Crippen LogP contribution >= 0.6 is 0 Å². The van der Waals surface area contributed by atoms with E-state index in [4.69, 9.17) is 4.42 Å². The molecule has 1 fully saturated rings. The zero-order chi connectivity index (χ0) is 16.2. The molecule has 2 heterocycles. The third-order valence-corrected chi connectivity index (χ3v) is 4.52. The van der Waals surface area contributed by atoms with Gasteiger partial charge in [-0.25, -0.2) is 13.8 Å². The van der Waals surface area contributed by atoms with Gasteiger partial charge in [0.05, 0.1) is 5.69 Å². The van der Waals surface area contributed by atoms with E-state index in [1.54, 1.807) is 6.26 Å². The molecule has 1 saturated heterocycles. The van der Waals surface area contributed by atoms with E-state index in [1.807, 2.05) is 6.92 Å². The number of benzene rings is 1. The average molecular weight is 320 g/mol. The molecule has 1 atom stereocenters. The highest BCUT2D eigenvalue weighted by Gasteiger charge is 2.21. The summed E-state index contributed by atoms with van der Waals surface area (Å²) in [5.41, 5.74) is 1.17. The van der Waals surface area contributed by atoms with Crippen molar-refractivity contribution in [3.63, 3.8) is 0 Å². The molecule has 1 aromatic heterocycles. The number of oxazole rings is 1. The average Bonchev–Trinajstić information content (AvgIpc) is 2.92. The van der Waals surface area contributed by atoms with Gasteiger partial charge in [-0.1, -0.05) is 6.07 Å². The van der Waals surface area contributed by atoms with E-state index >= 15 is 0 Å². The summed E-state index contributed by atoms with van der Waals surface area (Å²) in [4.78, 5) is 6.69. The maximum absolute atomic E-state index is 13.7. The van der Waals surface area contributed by atoms with Gasteiger partial charge >= 0.3 is 0 Å². The Morgan fingerprint density at radius 2 is 2.09 bits per heavy atom. The second-order valence-corrected chi connectivity index (χ2v) is 6.34. The highest BCUT2D eigenvalue weighted by molar-refractivity contribution is 5.19. The van der Waals surface area contributed by atoms with Gasteiger partial charge in [0.2, 0.25) is 0 Å². The number of piperidine rings is 1. The third kappa shape index (κ3) is 4.16. The second-order valence-electron chi connectivity index (χ2n) is 6.34. The van der Waals surface area contributed by atoms with Gasteiger partial charge in [-0.05, 0) is 50.3 Å². The van der Waals surface area contributed by atoms with Gasteiger partial charge in [0, 0.05) is 25.6 Å². The molecule has 0 N–H and O–H groups in total. The molecule has 0 amide bonds. The van der Waals surface area contributed by atoms with Crippen LogP contribution in [0.5, 0.6) is 0 Å². The topological polar surface area (TPSA) is 29.3 Å². The van der Waals surface area contributed by atoms with E-state index in [2.05, 4.69) is 9.88 Å². The van der Waals surface area contributed by atoms with Crippen molar-refractivity contribution in [3.05, 3.63) is 53.2 Å². The summed E-state index contributed by atoms with van der Waals surface area (Å²) in [7, 11) is 0. The van der Waals surface area contributed by atoms with Crippen LogP contribution in [-0.4, -0.2) is 23.0 Å². The molecule has 0 bridgehead atoms. The van der Waals surface area contributed by atoms with E-state index in [0.29, 0.717) is 18.2 Å². The Balaban J connectivity index is 1.54. The van der Waals surface area contributed by atoms with Crippen LogP contribution in [0.2, 0.25) is 0 Å². The first kappa shape index (κ1) is 16.1. The molecule has 23 heavy (non-hydrogen) atoms. The van der Waals surface area contributed by atoms with Crippen LogP contribution in [0.1, 0.15) is 36.4 Å². The van der Waals surface area contributed by atoms with Gasteiger partial charge in [-0.2, -0.15) is 0 Å².